The molecule has 1 amide bonds. The van der Waals surface area contributed by atoms with E-state index in [0.717, 1.165) is 8.95 Å². The van der Waals surface area contributed by atoms with Crippen LogP contribution >= 0.6 is 31.9 Å². The summed E-state index contributed by atoms with van der Waals surface area (Å²) in [5, 5.41) is 3.96. The van der Waals surface area contributed by atoms with Crippen LogP contribution in [0.25, 0.3) is 0 Å². The normalized spacial score (nSPS) is 10.6. The summed E-state index contributed by atoms with van der Waals surface area (Å²) in [6, 6.07) is 18.8. The molecule has 0 fully saturated rings. The Morgan fingerprint density at radius 3 is 2.23 bits per heavy atom. The van der Waals surface area contributed by atoms with Crippen molar-refractivity contribution in [3.05, 3.63) is 92.4 Å². The highest BCUT2D eigenvalue weighted by Gasteiger charge is 2.13. The highest BCUT2D eigenvalue weighted by Crippen LogP contribution is 2.28. The van der Waals surface area contributed by atoms with Crippen LogP contribution in [0, 0.1) is 0 Å². The summed E-state index contributed by atoms with van der Waals surface area (Å²) >= 11 is 6.65. The Hall–Kier alpha value is -2.97. The van der Waals surface area contributed by atoms with Gasteiger partial charge in [0, 0.05) is 14.5 Å². The number of hydrazone groups is 1. The lowest BCUT2D eigenvalue weighted by Crippen LogP contribution is -2.17. The molecule has 0 aliphatic heterocycles. The number of carbonyl (C=O) groups is 2. The minimum Gasteiger partial charge on any atom is -0.493 e. The fourth-order valence-corrected chi connectivity index (χ4v) is 3.28. The van der Waals surface area contributed by atoms with Crippen molar-refractivity contribution >= 4 is 50.0 Å². The molecule has 3 rings (SSSR count). The number of nitrogens with zero attached hydrogens (tertiary/aromatic N) is 1. The molecule has 0 heterocycles. The molecular formula is C22H16Br2N2O4. The topological polar surface area (TPSA) is 77.0 Å². The molecule has 0 saturated heterocycles. The predicted octanol–water partition coefficient (Wildman–Crippen LogP) is 5.20. The van der Waals surface area contributed by atoms with Gasteiger partial charge in [-0.15, -0.1) is 0 Å². The second-order valence-corrected chi connectivity index (χ2v) is 7.85. The van der Waals surface area contributed by atoms with Gasteiger partial charge in [-0.1, -0.05) is 44.0 Å². The molecule has 1 N–H and O–H groups in total. The Labute approximate surface area is 190 Å². The number of rotatable bonds is 6. The minimum absolute atomic E-state index is 0.276. The van der Waals surface area contributed by atoms with E-state index in [1.807, 2.05) is 12.1 Å². The quantitative estimate of drug-likeness (QED) is 0.205. The smallest absolute Gasteiger partial charge is 0.343 e. The van der Waals surface area contributed by atoms with Gasteiger partial charge >= 0.3 is 5.97 Å². The molecule has 3 aromatic carbocycles. The zero-order chi connectivity index (χ0) is 21.5. The Balaban J connectivity index is 1.68. The number of hydrogen-bond acceptors (Lipinski definition) is 5. The number of amides is 1. The molecule has 0 atom stereocenters. The Kier molecular flexibility index (Phi) is 7.37. The molecule has 0 spiro atoms. The molecule has 0 unspecified atom stereocenters. The maximum atomic E-state index is 12.3. The fraction of sp³-hybridized carbons (Fsp3) is 0.0455. The molecule has 0 aliphatic carbocycles. The second-order valence-electron chi connectivity index (χ2n) is 6.02. The maximum Gasteiger partial charge on any atom is 0.343 e. The van der Waals surface area contributed by atoms with Crippen LogP contribution in [0.2, 0.25) is 0 Å². The molecule has 0 aromatic heterocycles. The van der Waals surface area contributed by atoms with E-state index in [0.29, 0.717) is 22.4 Å². The van der Waals surface area contributed by atoms with Crippen molar-refractivity contribution in [1.29, 1.82) is 0 Å². The van der Waals surface area contributed by atoms with E-state index >= 15 is 0 Å². The highest BCUT2D eigenvalue weighted by molar-refractivity contribution is 9.10. The van der Waals surface area contributed by atoms with Crippen LogP contribution in [0.15, 0.2) is 80.8 Å². The lowest BCUT2D eigenvalue weighted by atomic mass is 10.2. The largest absolute Gasteiger partial charge is 0.493 e. The average molecular weight is 532 g/mol. The summed E-state index contributed by atoms with van der Waals surface area (Å²) < 4.78 is 12.3. The van der Waals surface area contributed by atoms with Gasteiger partial charge in [0.25, 0.3) is 5.91 Å². The zero-order valence-electron chi connectivity index (χ0n) is 15.8. The first kappa shape index (κ1) is 21.7. The van der Waals surface area contributed by atoms with Gasteiger partial charge < -0.3 is 9.47 Å². The molecule has 0 bridgehead atoms. The number of esters is 1. The van der Waals surface area contributed by atoms with E-state index in [-0.39, 0.29) is 11.7 Å². The lowest BCUT2D eigenvalue weighted by molar-refractivity contribution is 0.0729. The van der Waals surface area contributed by atoms with Gasteiger partial charge in [-0.3, -0.25) is 4.79 Å². The highest BCUT2D eigenvalue weighted by atomic mass is 79.9. The summed E-state index contributed by atoms with van der Waals surface area (Å²) in [5.41, 5.74) is 4.01. The van der Waals surface area contributed by atoms with Crippen LogP contribution in [-0.2, 0) is 0 Å². The SMILES string of the molecule is COc1cc(C=NNC(=O)c2cccc(Br)c2)ccc1OC(=O)c1cccc(Br)c1. The first-order chi connectivity index (χ1) is 14.5. The molecule has 8 heteroatoms. The molecule has 0 radical (unpaired) electrons. The van der Waals surface area contributed by atoms with Crippen LogP contribution in [0.5, 0.6) is 11.5 Å². The van der Waals surface area contributed by atoms with Gasteiger partial charge in [-0.05, 0) is 60.2 Å². The molecular weight excluding hydrogens is 516 g/mol. The van der Waals surface area contributed by atoms with Gasteiger partial charge in [0.05, 0.1) is 18.9 Å². The van der Waals surface area contributed by atoms with Gasteiger partial charge in [0.15, 0.2) is 11.5 Å². The number of methoxy groups -OCH3 is 1. The van der Waals surface area contributed by atoms with Gasteiger partial charge in [0.2, 0.25) is 0 Å². The summed E-state index contributed by atoms with van der Waals surface area (Å²) in [7, 11) is 1.47. The summed E-state index contributed by atoms with van der Waals surface area (Å²) in [6.45, 7) is 0. The predicted molar refractivity (Wildman–Crippen MR) is 121 cm³/mol. The third kappa shape index (κ3) is 5.77. The van der Waals surface area contributed by atoms with Crippen LogP contribution in [0.3, 0.4) is 0 Å². The minimum atomic E-state index is -0.502. The van der Waals surface area contributed by atoms with Crippen molar-refractivity contribution in [2.45, 2.75) is 0 Å². The monoisotopic (exact) mass is 530 g/mol. The lowest BCUT2D eigenvalue weighted by Gasteiger charge is -2.10. The zero-order valence-corrected chi connectivity index (χ0v) is 18.9. The third-order valence-electron chi connectivity index (χ3n) is 3.92. The summed E-state index contributed by atoms with van der Waals surface area (Å²) in [5.74, 6) is -0.199. The maximum absolute atomic E-state index is 12.3. The van der Waals surface area contributed by atoms with E-state index in [9.17, 15) is 9.59 Å². The van der Waals surface area contributed by atoms with Crippen molar-refractivity contribution in [2.24, 2.45) is 5.10 Å². The molecule has 30 heavy (non-hydrogen) atoms. The number of carbonyl (C=O) groups excluding carboxylic acids is 2. The molecule has 3 aromatic rings. The van der Waals surface area contributed by atoms with E-state index < -0.39 is 5.97 Å². The van der Waals surface area contributed by atoms with E-state index in [1.54, 1.807) is 54.6 Å². The third-order valence-corrected chi connectivity index (χ3v) is 4.90. The average Bonchev–Trinajstić information content (AvgIpc) is 2.74. The standard InChI is InChI=1S/C22H16Br2N2O4/c1-29-20-10-14(13-25-26-21(27)15-4-2-6-17(23)11-15)8-9-19(20)30-22(28)16-5-3-7-18(24)12-16/h2-13H,1H3,(H,26,27). The van der Waals surface area contributed by atoms with Crippen molar-refractivity contribution < 1.29 is 19.1 Å². The van der Waals surface area contributed by atoms with Crippen molar-refractivity contribution in [1.82, 2.24) is 5.43 Å². The van der Waals surface area contributed by atoms with Crippen LogP contribution < -0.4 is 14.9 Å². The Morgan fingerprint density at radius 1 is 0.900 bits per heavy atom. The number of ether oxygens (including phenoxy) is 2. The van der Waals surface area contributed by atoms with Crippen molar-refractivity contribution in [3.63, 3.8) is 0 Å². The second kappa shape index (κ2) is 10.2. The fourth-order valence-electron chi connectivity index (χ4n) is 2.48. The van der Waals surface area contributed by atoms with Crippen molar-refractivity contribution in [3.8, 4) is 11.5 Å². The number of benzene rings is 3. The van der Waals surface area contributed by atoms with Gasteiger partial charge in [0.1, 0.15) is 0 Å². The van der Waals surface area contributed by atoms with Gasteiger partial charge in [-0.2, -0.15) is 5.10 Å². The van der Waals surface area contributed by atoms with E-state index in [2.05, 4.69) is 42.4 Å². The number of halogens is 2. The summed E-state index contributed by atoms with van der Waals surface area (Å²) in [6.07, 6.45) is 1.47. The molecule has 0 saturated carbocycles. The van der Waals surface area contributed by atoms with Crippen molar-refractivity contribution in [2.75, 3.05) is 7.11 Å². The molecule has 152 valence electrons. The summed E-state index contributed by atoms with van der Waals surface area (Å²) in [4.78, 5) is 24.5. The number of hydrogen-bond donors (Lipinski definition) is 1. The van der Waals surface area contributed by atoms with E-state index in [1.165, 1.54) is 13.3 Å². The van der Waals surface area contributed by atoms with Crippen LogP contribution in [-0.4, -0.2) is 25.2 Å². The van der Waals surface area contributed by atoms with Gasteiger partial charge in [-0.25, -0.2) is 10.2 Å². The van der Waals surface area contributed by atoms with E-state index in [4.69, 9.17) is 9.47 Å². The molecule has 0 aliphatic rings. The molecule has 6 nitrogen and oxygen atoms in total. The van der Waals surface area contributed by atoms with Crippen LogP contribution in [0.4, 0.5) is 0 Å². The number of nitrogens with one attached hydrogen (secondary N) is 1. The Morgan fingerprint density at radius 2 is 1.57 bits per heavy atom. The Bertz CT molecular complexity index is 1120. The van der Waals surface area contributed by atoms with Crippen LogP contribution in [0.1, 0.15) is 26.3 Å². The first-order valence-corrected chi connectivity index (χ1v) is 10.3. The first-order valence-electron chi connectivity index (χ1n) is 8.71.